The first-order valence-electron chi connectivity index (χ1n) is 10.1. The fourth-order valence-corrected chi connectivity index (χ4v) is 2.97. The maximum Gasteiger partial charge on any atom is 0.341 e. The van der Waals surface area contributed by atoms with E-state index in [2.05, 4.69) is 0 Å². The lowest BCUT2D eigenvalue weighted by atomic mass is 10.1. The van der Waals surface area contributed by atoms with E-state index in [1.165, 1.54) is 12.3 Å². The Kier molecular flexibility index (Phi) is 11.7. The maximum atomic E-state index is 12.1. The monoisotopic (exact) mass is 455 g/mol. The van der Waals surface area contributed by atoms with Crippen LogP contribution in [0.5, 0.6) is 11.5 Å². The summed E-state index contributed by atoms with van der Waals surface area (Å²) in [4.78, 5) is 23.3. The Morgan fingerprint density at radius 1 is 1.26 bits per heavy atom. The lowest BCUT2D eigenvalue weighted by Crippen LogP contribution is -2.19. The summed E-state index contributed by atoms with van der Waals surface area (Å²) in [6, 6.07) is 4.65. The number of fused-ring (bicyclic) bond motifs is 3. The van der Waals surface area contributed by atoms with Crippen LogP contribution in [0.2, 0.25) is 5.02 Å². The molecule has 0 atom stereocenters. The van der Waals surface area contributed by atoms with Crippen molar-refractivity contribution in [1.82, 2.24) is 4.57 Å². The van der Waals surface area contributed by atoms with E-state index in [1.807, 2.05) is 13.8 Å². The second-order valence-corrected chi connectivity index (χ2v) is 6.48. The molecule has 0 aliphatic carbocycles. The van der Waals surface area contributed by atoms with Crippen LogP contribution >= 0.6 is 11.6 Å². The Morgan fingerprint density at radius 3 is 2.55 bits per heavy atom. The highest BCUT2D eigenvalue weighted by Gasteiger charge is 2.21. The number of aromatic nitrogens is 1. The maximum absolute atomic E-state index is 12.1. The second-order valence-electron chi connectivity index (χ2n) is 6.07. The van der Waals surface area contributed by atoms with Gasteiger partial charge in [0.2, 0.25) is 0 Å². The van der Waals surface area contributed by atoms with Crippen molar-refractivity contribution in [3.05, 3.63) is 45.2 Å². The number of halogens is 1. The molecule has 1 aromatic carbocycles. The molecule has 0 fully saturated rings. The molecular weight excluding hydrogens is 426 g/mol. The third-order valence-electron chi connectivity index (χ3n) is 4.01. The summed E-state index contributed by atoms with van der Waals surface area (Å²) in [7, 11) is 1.62. The molecule has 0 saturated carbocycles. The van der Waals surface area contributed by atoms with Crippen LogP contribution in [0.3, 0.4) is 0 Å². The van der Waals surface area contributed by atoms with Crippen molar-refractivity contribution in [2.24, 2.45) is 0 Å². The molecule has 1 aliphatic rings. The summed E-state index contributed by atoms with van der Waals surface area (Å²) in [5.41, 5.74) is 0.333. The van der Waals surface area contributed by atoms with Crippen molar-refractivity contribution in [2.75, 3.05) is 33.5 Å². The van der Waals surface area contributed by atoms with Crippen molar-refractivity contribution in [2.45, 2.75) is 33.7 Å². The highest BCUT2D eigenvalue weighted by molar-refractivity contribution is 6.32. The van der Waals surface area contributed by atoms with Gasteiger partial charge in [-0.25, -0.2) is 4.79 Å². The van der Waals surface area contributed by atoms with E-state index >= 15 is 0 Å². The third kappa shape index (κ3) is 7.27. The van der Waals surface area contributed by atoms with Gasteiger partial charge in [0.25, 0.3) is 0 Å². The van der Waals surface area contributed by atoms with Gasteiger partial charge in [-0.1, -0.05) is 25.4 Å². The van der Waals surface area contributed by atoms with Gasteiger partial charge in [-0.2, -0.15) is 0 Å². The van der Waals surface area contributed by atoms with Gasteiger partial charge in [0.1, 0.15) is 23.7 Å². The molecule has 31 heavy (non-hydrogen) atoms. The summed E-state index contributed by atoms with van der Waals surface area (Å²) in [6.45, 7) is 7.70. The number of carboxylic acid groups (broad SMARTS) is 1. The third-order valence-corrected chi connectivity index (χ3v) is 4.30. The number of hydrogen-bond donors (Lipinski definition) is 2. The topological polar surface area (TPSA) is 107 Å². The number of ether oxygens (including phenoxy) is 3. The van der Waals surface area contributed by atoms with Crippen molar-refractivity contribution in [1.29, 1.82) is 0 Å². The van der Waals surface area contributed by atoms with Crippen molar-refractivity contribution in [3.8, 4) is 22.8 Å². The average molecular weight is 456 g/mol. The van der Waals surface area contributed by atoms with Gasteiger partial charge in [0, 0.05) is 50.6 Å². The van der Waals surface area contributed by atoms with E-state index in [-0.39, 0.29) is 12.2 Å². The van der Waals surface area contributed by atoms with E-state index in [9.17, 15) is 9.59 Å². The van der Waals surface area contributed by atoms with Crippen molar-refractivity contribution >= 4 is 17.6 Å². The van der Waals surface area contributed by atoms with Gasteiger partial charge in [-0.3, -0.25) is 4.79 Å². The predicted octanol–water partition coefficient (Wildman–Crippen LogP) is 3.70. The molecule has 0 amide bonds. The van der Waals surface area contributed by atoms with Crippen molar-refractivity contribution in [3.63, 3.8) is 0 Å². The van der Waals surface area contributed by atoms with Crippen LogP contribution in [0.1, 0.15) is 37.6 Å². The molecule has 9 heteroatoms. The van der Waals surface area contributed by atoms with Crippen LogP contribution in [0.25, 0.3) is 11.3 Å². The Bertz CT molecular complexity index is 911. The summed E-state index contributed by atoms with van der Waals surface area (Å²) < 4.78 is 18.1. The molecule has 0 saturated heterocycles. The van der Waals surface area contributed by atoms with E-state index in [4.69, 9.17) is 36.0 Å². The number of carbonyl (C=O) groups is 1. The fraction of sp³-hybridized carbons (Fsp3) is 0.455. The van der Waals surface area contributed by atoms with Gasteiger partial charge >= 0.3 is 5.97 Å². The largest absolute Gasteiger partial charge is 0.492 e. The molecule has 1 aliphatic heterocycles. The normalized spacial score (nSPS) is 11.3. The molecule has 0 radical (unpaired) electrons. The molecule has 2 aromatic rings. The number of aliphatic hydroxyl groups is 1. The molecule has 3 rings (SSSR count). The van der Waals surface area contributed by atoms with Gasteiger partial charge in [-0.05, 0) is 13.0 Å². The van der Waals surface area contributed by atoms with Crippen LogP contribution in [0, 0.1) is 0 Å². The lowest BCUT2D eigenvalue weighted by Gasteiger charge is -2.14. The van der Waals surface area contributed by atoms with E-state index in [0.717, 1.165) is 6.42 Å². The summed E-state index contributed by atoms with van der Waals surface area (Å²) >= 11 is 6.32. The zero-order valence-electron chi connectivity index (χ0n) is 18.3. The minimum absolute atomic E-state index is 0.250. The van der Waals surface area contributed by atoms with Crippen LogP contribution in [0.15, 0.2) is 29.2 Å². The van der Waals surface area contributed by atoms with Crippen LogP contribution in [0.4, 0.5) is 0 Å². The zero-order valence-corrected chi connectivity index (χ0v) is 19.1. The highest BCUT2D eigenvalue weighted by Crippen LogP contribution is 2.39. The van der Waals surface area contributed by atoms with Crippen LogP contribution < -0.4 is 14.9 Å². The highest BCUT2D eigenvalue weighted by atomic mass is 35.5. The molecule has 2 N–H and O–H groups in total. The van der Waals surface area contributed by atoms with E-state index in [0.29, 0.717) is 54.1 Å². The number of aliphatic hydroxyl groups excluding tert-OH is 1. The minimum atomic E-state index is -1.26. The van der Waals surface area contributed by atoms with Crippen LogP contribution in [-0.2, 0) is 11.3 Å². The first-order valence-corrected chi connectivity index (χ1v) is 10.5. The lowest BCUT2D eigenvalue weighted by molar-refractivity contribution is 0.0694. The first-order chi connectivity index (χ1) is 14.9. The number of carboxylic acids is 1. The summed E-state index contributed by atoms with van der Waals surface area (Å²) in [6.07, 6.45) is 2.06. The van der Waals surface area contributed by atoms with E-state index < -0.39 is 11.4 Å². The quantitative estimate of drug-likeness (QED) is 0.639. The number of rotatable bonds is 6. The smallest absolute Gasteiger partial charge is 0.341 e. The molecule has 2 heterocycles. The molecule has 0 unspecified atom stereocenters. The number of nitrogens with zero attached hydrogens (tertiary/aromatic N) is 1. The second kappa shape index (κ2) is 13.7. The summed E-state index contributed by atoms with van der Waals surface area (Å²) in [5, 5.41) is 17.1. The number of benzene rings is 1. The average Bonchev–Trinajstić information content (AvgIpc) is 2.91. The molecular formula is C22H30ClNO7. The van der Waals surface area contributed by atoms with Gasteiger partial charge < -0.3 is 29.0 Å². The first kappa shape index (κ1) is 26.5. The van der Waals surface area contributed by atoms with Crippen LogP contribution in [-0.4, -0.2) is 54.3 Å². The van der Waals surface area contributed by atoms with Gasteiger partial charge in [-0.15, -0.1) is 0 Å². The molecule has 0 bridgehead atoms. The predicted molar refractivity (Wildman–Crippen MR) is 120 cm³/mol. The Hall–Kier alpha value is -2.55. The Balaban J connectivity index is 0.000000884. The zero-order chi connectivity index (χ0) is 23.4. The SMILES string of the molecule is CC.CCO.COCCCOc1cc2c(cc1Cl)-c1cc(=O)c(C(=O)O)cn1CCO2. The molecule has 1 aromatic heterocycles. The van der Waals surface area contributed by atoms with Crippen molar-refractivity contribution < 1.29 is 29.2 Å². The number of pyridine rings is 1. The number of aromatic carboxylic acids is 1. The van der Waals surface area contributed by atoms with E-state index in [1.54, 1.807) is 30.7 Å². The van der Waals surface area contributed by atoms with Gasteiger partial charge in [0.05, 0.1) is 23.9 Å². The molecule has 8 nitrogen and oxygen atoms in total. The standard InChI is InChI=1S/C18H18ClNO6.C2H6O.C2H6/c1-24-4-2-5-25-17-9-16-11(7-13(17)19)14-8-15(21)12(18(22)23)10-20(14)3-6-26-16;1-2-3;1-2/h7-10H,2-6H2,1H3,(H,22,23);3H,2H2,1H3;1-2H3. The summed E-state index contributed by atoms with van der Waals surface area (Å²) in [5.74, 6) is -0.238. The number of methoxy groups -OCH3 is 1. The number of hydrogen-bond acceptors (Lipinski definition) is 6. The fourth-order valence-electron chi connectivity index (χ4n) is 2.76. The van der Waals surface area contributed by atoms with Gasteiger partial charge in [0.15, 0.2) is 5.43 Å². The molecule has 172 valence electrons. The Morgan fingerprint density at radius 2 is 1.94 bits per heavy atom. The molecule has 0 spiro atoms. The Labute approximate surface area is 186 Å². The minimum Gasteiger partial charge on any atom is -0.492 e.